The zero-order valence-corrected chi connectivity index (χ0v) is 10.9. The Labute approximate surface area is 112 Å². The second kappa shape index (κ2) is 6.03. The van der Waals surface area contributed by atoms with Gasteiger partial charge in [0, 0.05) is 24.2 Å². The predicted octanol–water partition coefficient (Wildman–Crippen LogP) is 2.52. The van der Waals surface area contributed by atoms with Crippen LogP contribution >= 0.6 is 11.6 Å². The summed E-state index contributed by atoms with van der Waals surface area (Å²) in [6.45, 7) is 1.19. The van der Waals surface area contributed by atoms with Crippen LogP contribution in [0.3, 0.4) is 0 Å². The molecule has 0 bridgehead atoms. The first-order valence-corrected chi connectivity index (χ1v) is 6.53. The molecule has 96 valence electrons. The van der Waals surface area contributed by atoms with Crippen molar-refractivity contribution < 1.29 is 4.79 Å². The molecule has 1 aromatic carbocycles. The lowest BCUT2D eigenvalue weighted by molar-refractivity contribution is -0.126. The summed E-state index contributed by atoms with van der Waals surface area (Å²) < 4.78 is 0. The molecule has 1 aliphatic heterocycles. The topological polar surface area (TPSA) is 46.3 Å². The van der Waals surface area contributed by atoms with Crippen LogP contribution in [0.15, 0.2) is 36.4 Å². The van der Waals surface area contributed by atoms with E-state index in [1.807, 2.05) is 29.2 Å². The van der Waals surface area contributed by atoms with Crippen molar-refractivity contribution in [2.24, 2.45) is 5.73 Å². The van der Waals surface area contributed by atoms with Crippen molar-refractivity contribution in [3.63, 3.8) is 0 Å². The van der Waals surface area contributed by atoms with Gasteiger partial charge in [0.05, 0.1) is 6.04 Å². The highest BCUT2D eigenvalue weighted by Crippen LogP contribution is 2.33. The van der Waals surface area contributed by atoms with E-state index in [9.17, 15) is 4.79 Å². The number of nitrogens with zero attached hydrogens (tertiary/aromatic N) is 1. The fraction of sp³-hybridized carbons (Fsp3) is 0.357. The number of carbonyl (C=O) groups excluding carboxylic acids is 1. The van der Waals surface area contributed by atoms with Gasteiger partial charge in [-0.3, -0.25) is 4.79 Å². The molecule has 0 saturated carbocycles. The number of halogens is 1. The summed E-state index contributed by atoms with van der Waals surface area (Å²) in [5.41, 5.74) is 6.47. The van der Waals surface area contributed by atoms with Crippen LogP contribution in [0.1, 0.15) is 24.4 Å². The smallest absolute Gasteiger partial charge is 0.246 e. The number of amides is 1. The van der Waals surface area contributed by atoms with E-state index in [0.717, 1.165) is 24.9 Å². The Kier molecular flexibility index (Phi) is 4.39. The maximum absolute atomic E-state index is 12.0. The first-order chi connectivity index (χ1) is 8.72. The van der Waals surface area contributed by atoms with Gasteiger partial charge in [0.2, 0.25) is 5.91 Å². The highest BCUT2D eigenvalue weighted by Gasteiger charge is 2.28. The summed E-state index contributed by atoms with van der Waals surface area (Å²) in [7, 11) is 0. The van der Waals surface area contributed by atoms with E-state index in [1.54, 1.807) is 12.2 Å². The number of carbonyl (C=O) groups is 1. The summed E-state index contributed by atoms with van der Waals surface area (Å²) in [6.07, 6.45) is 5.26. The van der Waals surface area contributed by atoms with Crippen molar-refractivity contribution >= 4 is 17.5 Å². The van der Waals surface area contributed by atoms with Gasteiger partial charge in [0.25, 0.3) is 0 Å². The minimum absolute atomic E-state index is 0.0305. The van der Waals surface area contributed by atoms with E-state index in [0.29, 0.717) is 11.6 Å². The Bertz CT molecular complexity index is 459. The first-order valence-electron chi connectivity index (χ1n) is 6.15. The van der Waals surface area contributed by atoms with Crippen LogP contribution in [0.2, 0.25) is 5.02 Å². The van der Waals surface area contributed by atoms with Crippen LogP contribution in [-0.2, 0) is 4.79 Å². The summed E-state index contributed by atoms with van der Waals surface area (Å²) in [5, 5.41) is 0.712. The van der Waals surface area contributed by atoms with E-state index in [2.05, 4.69) is 0 Å². The Morgan fingerprint density at radius 2 is 2.39 bits per heavy atom. The lowest BCUT2D eigenvalue weighted by Gasteiger charge is -2.24. The Balaban J connectivity index is 2.17. The third kappa shape index (κ3) is 2.92. The lowest BCUT2D eigenvalue weighted by atomic mass is 10.0. The highest BCUT2D eigenvalue weighted by atomic mass is 35.5. The van der Waals surface area contributed by atoms with Gasteiger partial charge in [-0.15, -0.1) is 0 Å². The Morgan fingerprint density at radius 3 is 3.11 bits per heavy atom. The van der Waals surface area contributed by atoms with E-state index < -0.39 is 0 Å². The number of hydrogen-bond acceptors (Lipinski definition) is 2. The van der Waals surface area contributed by atoms with Gasteiger partial charge in [0.1, 0.15) is 0 Å². The Morgan fingerprint density at radius 1 is 1.56 bits per heavy atom. The van der Waals surface area contributed by atoms with Crippen LogP contribution in [0.25, 0.3) is 0 Å². The van der Waals surface area contributed by atoms with Gasteiger partial charge < -0.3 is 10.6 Å². The fourth-order valence-electron chi connectivity index (χ4n) is 2.36. The number of nitrogens with two attached hydrogens (primary N) is 1. The quantitative estimate of drug-likeness (QED) is 0.853. The fourth-order valence-corrected chi connectivity index (χ4v) is 2.55. The number of likely N-dealkylation sites (tertiary alicyclic amines) is 1. The summed E-state index contributed by atoms with van der Waals surface area (Å²) in [4.78, 5) is 13.9. The zero-order valence-electron chi connectivity index (χ0n) is 10.2. The average molecular weight is 265 g/mol. The van der Waals surface area contributed by atoms with Crippen LogP contribution in [0.4, 0.5) is 0 Å². The third-order valence-electron chi connectivity index (χ3n) is 3.17. The van der Waals surface area contributed by atoms with Crippen molar-refractivity contribution in [1.29, 1.82) is 0 Å². The molecule has 2 rings (SSSR count). The second-order valence-electron chi connectivity index (χ2n) is 4.38. The molecule has 0 spiro atoms. The zero-order chi connectivity index (χ0) is 13.0. The molecular weight excluding hydrogens is 248 g/mol. The van der Waals surface area contributed by atoms with Gasteiger partial charge >= 0.3 is 0 Å². The minimum atomic E-state index is 0.0305. The molecule has 1 unspecified atom stereocenters. The maximum Gasteiger partial charge on any atom is 0.246 e. The standard InChI is InChI=1S/C14H17ClN2O/c15-12-5-1-4-11(10-12)13-6-3-9-17(13)14(18)7-2-8-16/h1-2,4-5,7,10,13H,3,6,8-9,16H2/b7-2+. The maximum atomic E-state index is 12.0. The van der Waals surface area contributed by atoms with Gasteiger partial charge in [-0.05, 0) is 30.5 Å². The summed E-state index contributed by atoms with van der Waals surface area (Å²) in [6, 6.07) is 7.87. The molecule has 0 aliphatic carbocycles. The predicted molar refractivity (Wildman–Crippen MR) is 73.3 cm³/mol. The molecule has 1 saturated heterocycles. The van der Waals surface area contributed by atoms with Crippen LogP contribution in [0.5, 0.6) is 0 Å². The molecule has 2 N–H and O–H groups in total. The van der Waals surface area contributed by atoms with E-state index >= 15 is 0 Å². The molecular formula is C14H17ClN2O. The van der Waals surface area contributed by atoms with E-state index in [4.69, 9.17) is 17.3 Å². The van der Waals surface area contributed by atoms with Gasteiger partial charge in [-0.2, -0.15) is 0 Å². The number of hydrogen-bond donors (Lipinski definition) is 1. The van der Waals surface area contributed by atoms with Crippen molar-refractivity contribution in [2.45, 2.75) is 18.9 Å². The molecule has 18 heavy (non-hydrogen) atoms. The van der Waals surface area contributed by atoms with Crippen molar-refractivity contribution in [1.82, 2.24) is 4.90 Å². The lowest BCUT2D eigenvalue weighted by Crippen LogP contribution is -2.29. The summed E-state index contributed by atoms with van der Waals surface area (Å²) in [5.74, 6) is 0.0305. The molecule has 1 atom stereocenters. The van der Waals surface area contributed by atoms with Gasteiger partial charge in [0.15, 0.2) is 0 Å². The molecule has 1 aliphatic rings. The molecule has 4 heteroatoms. The SMILES string of the molecule is NC/C=C/C(=O)N1CCCC1c1cccc(Cl)c1. The molecule has 0 radical (unpaired) electrons. The van der Waals surface area contributed by atoms with Crippen LogP contribution in [0, 0.1) is 0 Å². The number of benzene rings is 1. The average Bonchev–Trinajstić information content (AvgIpc) is 2.85. The molecule has 0 aromatic heterocycles. The summed E-state index contributed by atoms with van der Waals surface area (Å²) >= 11 is 6.00. The molecule has 1 amide bonds. The molecule has 1 heterocycles. The normalized spacial score (nSPS) is 19.7. The second-order valence-corrected chi connectivity index (χ2v) is 4.82. The van der Waals surface area contributed by atoms with Gasteiger partial charge in [-0.1, -0.05) is 29.8 Å². The monoisotopic (exact) mass is 264 g/mol. The molecule has 1 aromatic rings. The van der Waals surface area contributed by atoms with Gasteiger partial charge in [-0.25, -0.2) is 0 Å². The number of rotatable bonds is 3. The van der Waals surface area contributed by atoms with Crippen molar-refractivity contribution in [3.8, 4) is 0 Å². The largest absolute Gasteiger partial charge is 0.332 e. The van der Waals surface area contributed by atoms with E-state index in [-0.39, 0.29) is 11.9 Å². The highest BCUT2D eigenvalue weighted by molar-refractivity contribution is 6.30. The van der Waals surface area contributed by atoms with E-state index in [1.165, 1.54) is 0 Å². The van der Waals surface area contributed by atoms with Crippen LogP contribution < -0.4 is 5.73 Å². The van der Waals surface area contributed by atoms with Crippen LogP contribution in [-0.4, -0.2) is 23.9 Å². The minimum Gasteiger partial charge on any atom is -0.332 e. The van der Waals surface area contributed by atoms with Crippen molar-refractivity contribution in [3.05, 3.63) is 47.0 Å². The molecule has 3 nitrogen and oxygen atoms in total. The Hall–Kier alpha value is -1.32. The first kappa shape index (κ1) is 13.1. The third-order valence-corrected chi connectivity index (χ3v) is 3.40. The van der Waals surface area contributed by atoms with Crippen molar-refractivity contribution in [2.75, 3.05) is 13.1 Å². The molecule has 1 fully saturated rings.